The van der Waals surface area contributed by atoms with Crippen LogP contribution in [0.3, 0.4) is 0 Å². The highest BCUT2D eigenvalue weighted by Gasteiger charge is 1.94. The van der Waals surface area contributed by atoms with E-state index in [4.69, 9.17) is 11.5 Å². The molecule has 0 unspecified atom stereocenters. The third kappa shape index (κ3) is 30.4. The van der Waals surface area contributed by atoms with Gasteiger partial charge in [0.25, 0.3) is 0 Å². The van der Waals surface area contributed by atoms with E-state index in [0.29, 0.717) is 0 Å². The van der Waals surface area contributed by atoms with Crippen molar-refractivity contribution in [1.82, 2.24) is 0 Å². The highest BCUT2D eigenvalue weighted by molar-refractivity contribution is 4.49. The summed E-state index contributed by atoms with van der Waals surface area (Å²) in [4.78, 5) is 0. The molecule has 2 heteroatoms. The lowest BCUT2D eigenvalue weighted by Gasteiger charge is -2.03. The highest BCUT2D eigenvalue weighted by Crippen LogP contribution is 2.13. The first-order chi connectivity index (χ1) is 11.3. The van der Waals surface area contributed by atoms with Gasteiger partial charge < -0.3 is 11.5 Å². The maximum atomic E-state index is 5.48. The minimum absolute atomic E-state index is 0.819. The molecule has 0 saturated carbocycles. The van der Waals surface area contributed by atoms with Gasteiger partial charge in [-0.25, -0.2) is 0 Å². The van der Waals surface area contributed by atoms with E-state index in [1.807, 2.05) is 0 Å². The molecule has 0 atom stereocenters. The molecular weight excluding hydrogens is 280 g/mol. The van der Waals surface area contributed by atoms with Crippen molar-refractivity contribution < 1.29 is 0 Å². The van der Waals surface area contributed by atoms with Crippen LogP contribution >= 0.6 is 0 Å². The van der Waals surface area contributed by atoms with E-state index in [1.54, 1.807) is 0 Å². The molecular formula is C21H48N2. The molecule has 0 radical (unpaired) electrons. The van der Waals surface area contributed by atoms with Crippen LogP contribution in [-0.2, 0) is 0 Å². The number of hydrogen-bond acceptors (Lipinski definition) is 2. The molecule has 0 aromatic carbocycles. The van der Waals surface area contributed by atoms with Crippen LogP contribution < -0.4 is 11.5 Å². The maximum absolute atomic E-state index is 5.48. The van der Waals surface area contributed by atoms with Gasteiger partial charge in [0, 0.05) is 0 Å². The van der Waals surface area contributed by atoms with Gasteiger partial charge in [0.15, 0.2) is 0 Å². The summed E-state index contributed by atoms with van der Waals surface area (Å²) in [5.41, 5.74) is 10.5. The van der Waals surface area contributed by atoms with Crippen LogP contribution in [-0.4, -0.2) is 13.1 Å². The Labute approximate surface area is 148 Å². The Kier molecular flexibility index (Phi) is 29.3. The lowest BCUT2D eigenvalue weighted by molar-refractivity contribution is 0.530. The number of unbranched alkanes of at least 4 members (excludes halogenated alkanes) is 15. The molecule has 0 spiro atoms. The van der Waals surface area contributed by atoms with E-state index in [9.17, 15) is 0 Å². The quantitative estimate of drug-likeness (QED) is 0.297. The Morgan fingerprint density at radius 1 is 0.348 bits per heavy atom. The summed E-state index contributed by atoms with van der Waals surface area (Å²) < 4.78 is 0. The van der Waals surface area contributed by atoms with E-state index in [0.717, 1.165) is 19.5 Å². The van der Waals surface area contributed by atoms with Crippen molar-refractivity contribution in [2.24, 2.45) is 11.5 Å². The molecule has 0 amide bonds. The fourth-order valence-corrected chi connectivity index (χ4v) is 2.69. The fourth-order valence-electron chi connectivity index (χ4n) is 2.69. The average Bonchev–Trinajstić information content (AvgIpc) is 2.58. The molecule has 0 rings (SSSR count). The van der Waals surface area contributed by atoms with Gasteiger partial charge in [-0.3, -0.25) is 0 Å². The largest absolute Gasteiger partial charge is 0.330 e. The monoisotopic (exact) mass is 328 g/mol. The molecule has 0 aliphatic rings. The molecule has 142 valence electrons. The SMILES string of the molecule is CCCCCCCCCCCCCCCCCCN.CCCN. The topological polar surface area (TPSA) is 52.0 Å². The summed E-state index contributed by atoms with van der Waals surface area (Å²) in [5.74, 6) is 0. The van der Waals surface area contributed by atoms with Crippen molar-refractivity contribution in [3.05, 3.63) is 0 Å². The minimum atomic E-state index is 0.819. The van der Waals surface area contributed by atoms with Crippen molar-refractivity contribution in [1.29, 1.82) is 0 Å². The Morgan fingerprint density at radius 3 is 0.826 bits per heavy atom. The van der Waals surface area contributed by atoms with Crippen molar-refractivity contribution >= 4 is 0 Å². The lowest BCUT2D eigenvalue weighted by atomic mass is 10.0. The molecule has 0 aromatic heterocycles. The fraction of sp³-hybridized carbons (Fsp3) is 1.00. The second-order valence-corrected chi connectivity index (χ2v) is 6.88. The molecule has 0 aliphatic carbocycles. The number of nitrogens with two attached hydrogens (primary N) is 2. The molecule has 0 aromatic rings. The van der Waals surface area contributed by atoms with Crippen molar-refractivity contribution in [3.8, 4) is 0 Å². The molecule has 23 heavy (non-hydrogen) atoms. The maximum Gasteiger partial charge on any atom is -0.00773 e. The average molecular weight is 329 g/mol. The van der Waals surface area contributed by atoms with Crippen LogP contribution in [0.2, 0.25) is 0 Å². The Bertz CT molecular complexity index is 153. The first-order valence-electron chi connectivity index (χ1n) is 10.7. The molecule has 0 saturated heterocycles. The van der Waals surface area contributed by atoms with Crippen LogP contribution in [0.15, 0.2) is 0 Å². The standard InChI is InChI=1S/C18H39N.C3H9N/c1-2-3-4-5-6-7-8-9-10-11-12-13-14-15-16-17-18-19;1-2-3-4/h2-19H2,1H3;2-4H2,1H3. The second kappa shape index (κ2) is 26.8. The molecule has 2 nitrogen and oxygen atoms in total. The first-order valence-corrected chi connectivity index (χ1v) is 10.7. The van der Waals surface area contributed by atoms with Gasteiger partial charge in [0.05, 0.1) is 0 Å². The van der Waals surface area contributed by atoms with Gasteiger partial charge in [0.2, 0.25) is 0 Å². The summed E-state index contributed by atoms with van der Waals surface area (Å²) in [5, 5.41) is 0. The van der Waals surface area contributed by atoms with E-state index in [1.165, 1.54) is 103 Å². The van der Waals surface area contributed by atoms with Crippen molar-refractivity contribution in [2.45, 2.75) is 123 Å². The van der Waals surface area contributed by atoms with Crippen LogP contribution in [0.1, 0.15) is 123 Å². The van der Waals surface area contributed by atoms with Gasteiger partial charge in [0.1, 0.15) is 0 Å². The van der Waals surface area contributed by atoms with Gasteiger partial charge in [-0.05, 0) is 25.9 Å². The van der Waals surface area contributed by atoms with E-state index >= 15 is 0 Å². The van der Waals surface area contributed by atoms with Crippen molar-refractivity contribution in [2.75, 3.05) is 13.1 Å². The molecule has 0 aliphatic heterocycles. The van der Waals surface area contributed by atoms with Crippen LogP contribution in [0.25, 0.3) is 0 Å². The van der Waals surface area contributed by atoms with Gasteiger partial charge >= 0.3 is 0 Å². The molecule has 0 fully saturated rings. The predicted octanol–water partition coefficient (Wildman–Crippen LogP) is 6.56. The minimum Gasteiger partial charge on any atom is -0.330 e. The Morgan fingerprint density at radius 2 is 0.609 bits per heavy atom. The van der Waals surface area contributed by atoms with Crippen LogP contribution in [0.5, 0.6) is 0 Å². The summed E-state index contributed by atoms with van der Waals surface area (Å²) in [6.45, 7) is 6.04. The smallest absolute Gasteiger partial charge is 0.00773 e. The molecule has 4 N–H and O–H groups in total. The van der Waals surface area contributed by atoms with E-state index < -0.39 is 0 Å². The lowest BCUT2D eigenvalue weighted by Crippen LogP contribution is -1.97. The van der Waals surface area contributed by atoms with E-state index in [2.05, 4.69) is 13.8 Å². The van der Waals surface area contributed by atoms with Gasteiger partial charge in [-0.1, -0.05) is 110 Å². The zero-order valence-corrected chi connectivity index (χ0v) is 16.6. The first kappa shape index (κ1) is 25.2. The molecule has 0 bridgehead atoms. The summed E-state index contributed by atoms with van der Waals surface area (Å²) in [7, 11) is 0. The zero-order valence-electron chi connectivity index (χ0n) is 16.6. The summed E-state index contributed by atoms with van der Waals surface area (Å²) in [6.07, 6.45) is 24.0. The van der Waals surface area contributed by atoms with E-state index in [-0.39, 0.29) is 0 Å². The van der Waals surface area contributed by atoms with Crippen molar-refractivity contribution in [3.63, 3.8) is 0 Å². The predicted molar refractivity (Wildman–Crippen MR) is 108 cm³/mol. The summed E-state index contributed by atoms with van der Waals surface area (Å²) in [6, 6.07) is 0. The zero-order chi connectivity index (χ0) is 17.4. The molecule has 0 heterocycles. The third-order valence-electron chi connectivity index (χ3n) is 4.35. The number of rotatable bonds is 17. The van der Waals surface area contributed by atoms with Gasteiger partial charge in [-0.15, -0.1) is 0 Å². The number of hydrogen-bond donors (Lipinski definition) is 2. The van der Waals surface area contributed by atoms with Crippen LogP contribution in [0.4, 0.5) is 0 Å². The van der Waals surface area contributed by atoms with Gasteiger partial charge in [-0.2, -0.15) is 0 Å². The third-order valence-corrected chi connectivity index (χ3v) is 4.35. The highest BCUT2D eigenvalue weighted by atomic mass is 14.5. The Balaban J connectivity index is 0. The van der Waals surface area contributed by atoms with Crippen LogP contribution in [0, 0.1) is 0 Å². The normalized spacial score (nSPS) is 10.4. The second-order valence-electron chi connectivity index (χ2n) is 6.88. The summed E-state index contributed by atoms with van der Waals surface area (Å²) >= 11 is 0. The Hall–Kier alpha value is -0.0800.